The zero-order chi connectivity index (χ0) is 21.5. The normalized spacial score (nSPS) is 12.5. The summed E-state index contributed by atoms with van der Waals surface area (Å²) in [6, 6.07) is 16.7. The molecule has 1 N–H and O–H groups in total. The lowest BCUT2D eigenvalue weighted by atomic mass is 10.1. The Kier molecular flexibility index (Phi) is 6.97. The van der Waals surface area contributed by atoms with Crippen molar-refractivity contribution < 1.29 is 14.3 Å². The van der Waals surface area contributed by atoms with E-state index in [-0.39, 0.29) is 0 Å². The van der Waals surface area contributed by atoms with Crippen LogP contribution in [0.4, 0.5) is 5.69 Å². The Morgan fingerprint density at radius 2 is 1.97 bits per heavy atom. The van der Waals surface area contributed by atoms with Gasteiger partial charge in [0.15, 0.2) is 0 Å². The molecule has 0 aliphatic heterocycles. The number of anilines is 1. The first-order valence-corrected chi connectivity index (χ1v) is 10.1. The van der Waals surface area contributed by atoms with E-state index in [1.165, 1.54) is 12.8 Å². The van der Waals surface area contributed by atoms with E-state index in [0.29, 0.717) is 19.0 Å². The number of nitrogens with zero attached hydrogens (tertiary/aromatic N) is 2. The first-order chi connectivity index (χ1) is 14.7. The number of methoxy groups -OCH3 is 1. The van der Waals surface area contributed by atoms with Gasteiger partial charge in [-0.15, -0.1) is 0 Å². The smallest absolute Gasteiger partial charge is 0.293 e. The third kappa shape index (κ3) is 4.57. The van der Waals surface area contributed by atoms with Gasteiger partial charge in [-0.05, 0) is 55.5 Å². The van der Waals surface area contributed by atoms with E-state index in [2.05, 4.69) is 45.0 Å². The summed E-state index contributed by atoms with van der Waals surface area (Å²) in [4.78, 5) is 9.18. The maximum Gasteiger partial charge on any atom is 0.293 e. The molecular formula is C24H27N3O3. The average Bonchev–Trinajstić information content (AvgIpc) is 3.56. The first-order valence-electron chi connectivity index (χ1n) is 10.1. The van der Waals surface area contributed by atoms with Crippen LogP contribution in [0.3, 0.4) is 0 Å². The van der Waals surface area contributed by atoms with Crippen LogP contribution in [-0.2, 0) is 16.1 Å². The summed E-state index contributed by atoms with van der Waals surface area (Å²) in [5.41, 5.74) is 4.98. The van der Waals surface area contributed by atoms with Crippen molar-refractivity contribution in [1.29, 1.82) is 5.26 Å². The predicted molar refractivity (Wildman–Crippen MR) is 119 cm³/mol. The Balaban J connectivity index is 0.000000461. The fraction of sp³-hybridized carbons (Fsp3) is 0.333. The number of ether oxygens (including phenoxy) is 2. The minimum absolute atomic E-state index is 0.431. The summed E-state index contributed by atoms with van der Waals surface area (Å²) in [6.07, 6.45) is 2.54. The monoisotopic (exact) mass is 405 g/mol. The topological polar surface area (TPSA) is 76.3 Å². The zero-order valence-electron chi connectivity index (χ0n) is 17.6. The van der Waals surface area contributed by atoms with Gasteiger partial charge >= 0.3 is 0 Å². The van der Waals surface area contributed by atoms with Crippen molar-refractivity contribution in [3.05, 3.63) is 48.0 Å². The molecule has 156 valence electrons. The molecular weight excluding hydrogens is 378 g/mol. The molecule has 0 atom stereocenters. The van der Waals surface area contributed by atoms with Crippen molar-refractivity contribution in [3.63, 3.8) is 0 Å². The number of fused-ring (bicyclic) bond motifs is 1. The lowest BCUT2D eigenvalue weighted by Gasteiger charge is -2.12. The van der Waals surface area contributed by atoms with Crippen molar-refractivity contribution in [2.45, 2.75) is 26.3 Å². The van der Waals surface area contributed by atoms with Crippen LogP contribution in [0.1, 0.15) is 25.3 Å². The molecule has 1 aliphatic rings. The molecule has 3 aromatic rings. The molecule has 0 amide bonds. The molecule has 1 fully saturated rings. The van der Waals surface area contributed by atoms with Crippen LogP contribution >= 0.6 is 0 Å². The fourth-order valence-electron chi connectivity index (χ4n) is 3.48. The minimum Gasteiger partial charge on any atom is -0.497 e. The van der Waals surface area contributed by atoms with Crippen molar-refractivity contribution >= 4 is 23.1 Å². The standard InChI is InChI=1S/C21H21N3O.C3H6O2/c1-23-16-7-5-15(6-8-16)21-19(12-22)18-10-9-17(25-2)11-20(18)24(21)13-14-3-4-14;1-2-5-3-4/h5-11,14,23H,3-4,13H2,1-2H3;3H,2H2,1H3. The maximum atomic E-state index is 9.86. The second-order valence-electron chi connectivity index (χ2n) is 7.15. The minimum atomic E-state index is 0.431. The quantitative estimate of drug-likeness (QED) is 0.570. The number of hydrogen-bond donors (Lipinski definition) is 1. The van der Waals surface area contributed by atoms with Crippen LogP contribution in [-0.4, -0.2) is 31.8 Å². The number of aromatic nitrogens is 1. The number of nitriles is 1. The first kappa shape index (κ1) is 21.3. The van der Waals surface area contributed by atoms with Gasteiger partial charge in [-0.1, -0.05) is 12.1 Å². The molecule has 0 spiro atoms. The number of benzene rings is 2. The highest BCUT2D eigenvalue weighted by molar-refractivity contribution is 5.95. The van der Waals surface area contributed by atoms with E-state index in [9.17, 15) is 10.1 Å². The molecule has 0 bridgehead atoms. The van der Waals surface area contributed by atoms with Gasteiger partial charge in [-0.2, -0.15) is 5.26 Å². The second-order valence-corrected chi connectivity index (χ2v) is 7.15. The zero-order valence-corrected chi connectivity index (χ0v) is 17.6. The largest absolute Gasteiger partial charge is 0.497 e. The summed E-state index contributed by atoms with van der Waals surface area (Å²) < 4.78 is 11.9. The Labute approximate surface area is 177 Å². The summed E-state index contributed by atoms with van der Waals surface area (Å²) in [6.45, 7) is 3.62. The Hall–Kier alpha value is -3.46. The maximum absolute atomic E-state index is 9.86. The van der Waals surface area contributed by atoms with Gasteiger partial charge < -0.3 is 19.4 Å². The fourth-order valence-corrected chi connectivity index (χ4v) is 3.48. The number of hydrogen-bond acceptors (Lipinski definition) is 5. The third-order valence-electron chi connectivity index (χ3n) is 5.20. The third-order valence-corrected chi connectivity index (χ3v) is 5.20. The predicted octanol–water partition coefficient (Wildman–Crippen LogP) is 4.82. The van der Waals surface area contributed by atoms with Crippen LogP contribution in [0.25, 0.3) is 22.2 Å². The van der Waals surface area contributed by atoms with Gasteiger partial charge in [-0.3, -0.25) is 4.79 Å². The average molecular weight is 405 g/mol. The van der Waals surface area contributed by atoms with E-state index in [1.54, 1.807) is 14.0 Å². The number of rotatable bonds is 7. The molecule has 4 rings (SSSR count). The van der Waals surface area contributed by atoms with Gasteiger partial charge in [0.25, 0.3) is 6.47 Å². The van der Waals surface area contributed by atoms with E-state index < -0.39 is 0 Å². The number of carbonyl (C=O) groups is 1. The number of nitrogens with one attached hydrogen (secondary N) is 1. The summed E-state index contributed by atoms with van der Waals surface area (Å²) >= 11 is 0. The van der Waals surface area contributed by atoms with E-state index in [4.69, 9.17) is 4.74 Å². The van der Waals surface area contributed by atoms with Crippen molar-refractivity contribution in [3.8, 4) is 23.1 Å². The van der Waals surface area contributed by atoms with E-state index in [0.717, 1.165) is 45.7 Å². The van der Waals surface area contributed by atoms with Gasteiger partial charge in [0.05, 0.1) is 30.5 Å². The number of carbonyl (C=O) groups excluding carboxylic acids is 1. The second kappa shape index (κ2) is 9.84. The molecule has 1 aromatic heterocycles. The lowest BCUT2D eigenvalue weighted by Crippen LogP contribution is -2.02. The van der Waals surface area contributed by atoms with Gasteiger partial charge in [-0.25, -0.2) is 0 Å². The Bertz CT molecular complexity index is 1040. The molecule has 6 nitrogen and oxygen atoms in total. The molecule has 1 saturated carbocycles. The van der Waals surface area contributed by atoms with Crippen LogP contribution in [0.5, 0.6) is 5.75 Å². The van der Waals surface area contributed by atoms with Gasteiger partial charge in [0.2, 0.25) is 0 Å². The van der Waals surface area contributed by atoms with Crippen LogP contribution < -0.4 is 10.1 Å². The van der Waals surface area contributed by atoms with Crippen molar-refractivity contribution in [2.75, 3.05) is 26.1 Å². The molecule has 6 heteroatoms. The Morgan fingerprint density at radius 1 is 1.23 bits per heavy atom. The molecule has 0 unspecified atom stereocenters. The van der Waals surface area contributed by atoms with Crippen molar-refractivity contribution in [1.82, 2.24) is 4.57 Å². The van der Waals surface area contributed by atoms with Crippen LogP contribution in [0.2, 0.25) is 0 Å². The molecule has 0 radical (unpaired) electrons. The van der Waals surface area contributed by atoms with Gasteiger partial charge in [0.1, 0.15) is 11.8 Å². The lowest BCUT2D eigenvalue weighted by molar-refractivity contribution is -0.128. The highest BCUT2D eigenvalue weighted by atomic mass is 16.5. The highest BCUT2D eigenvalue weighted by Gasteiger charge is 2.26. The molecule has 2 aromatic carbocycles. The Morgan fingerprint density at radius 3 is 2.47 bits per heavy atom. The molecule has 0 saturated heterocycles. The molecule has 30 heavy (non-hydrogen) atoms. The summed E-state index contributed by atoms with van der Waals surface area (Å²) in [5, 5.41) is 14.0. The summed E-state index contributed by atoms with van der Waals surface area (Å²) in [5.74, 6) is 1.53. The van der Waals surface area contributed by atoms with Crippen LogP contribution in [0.15, 0.2) is 42.5 Å². The molecule has 1 heterocycles. The molecule has 1 aliphatic carbocycles. The van der Waals surface area contributed by atoms with E-state index in [1.807, 2.05) is 25.2 Å². The van der Waals surface area contributed by atoms with Gasteiger partial charge in [0, 0.05) is 30.7 Å². The van der Waals surface area contributed by atoms with E-state index >= 15 is 0 Å². The highest BCUT2D eigenvalue weighted by Crippen LogP contribution is 2.39. The van der Waals surface area contributed by atoms with Crippen molar-refractivity contribution in [2.24, 2.45) is 5.92 Å². The SMILES string of the molecule is CCOC=O.CNc1ccc(-c2c(C#N)c3ccc(OC)cc3n2CC2CC2)cc1. The van der Waals surface area contributed by atoms with Crippen LogP contribution in [0, 0.1) is 17.2 Å². The summed E-state index contributed by atoms with van der Waals surface area (Å²) in [7, 11) is 3.59.